The normalized spacial score (nSPS) is 23.7. The van der Waals surface area contributed by atoms with Gasteiger partial charge in [0.2, 0.25) is 0 Å². The number of alkyl halides is 2. The number of carbonyl (C=O) groups is 1. The third kappa shape index (κ3) is 6.80. The molecule has 0 atom stereocenters. The van der Waals surface area contributed by atoms with Gasteiger partial charge in [0.05, 0.1) is 19.3 Å². The van der Waals surface area contributed by atoms with Crippen molar-refractivity contribution in [3.05, 3.63) is 48.1 Å². The molecule has 0 spiro atoms. The van der Waals surface area contributed by atoms with Gasteiger partial charge in [-0.25, -0.2) is 4.99 Å². The molecule has 224 valence electrons. The van der Waals surface area contributed by atoms with E-state index in [1.54, 1.807) is 23.1 Å². The number of halogens is 2. The lowest BCUT2D eigenvalue weighted by Gasteiger charge is -2.32. The third-order valence-corrected chi connectivity index (χ3v) is 8.05. The van der Waals surface area contributed by atoms with Crippen LogP contribution in [-0.4, -0.2) is 98.2 Å². The summed E-state index contributed by atoms with van der Waals surface area (Å²) in [5, 5.41) is 6.23. The van der Waals surface area contributed by atoms with Gasteiger partial charge >= 0.3 is 5.92 Å². The number of methoxy groups -OCH3 is 1. The van der Waals surface area contributed by atoms with Crippen LogP contribution in [0.15, 0.2) is 52.5 Å². The Bertz CT molecular complexity index is 1220. The van der Waals surface area contributed by atoms with Gasteiger partial charge in [-0.15, -0.1) is 0 Å². The highest BCUT2D eigenvalue weighted by atomic mass is 19.3. The number of amides is 1. The van der Waals surface area contributed by atoms with Crippen LogP contribution in [0.5, 0.6) is 5.75 Å². The van der Waals surface area contributed by atoms with E-state index in [9.17, 15) is 4.79 Å². The summed E-state index contributed by atoms with van der Waals surface area (Å²) in [5.74, 6) is -2.82. The Morgan fingerprint density at radius 1 is 1.20 bits per heavy atom. The molecule has 12 heteroatoms. The fraction of sp³-hybridized carbons (Fsp3) is 0.552. The zero-order valence-electron chi connectivity index (χ0n) is 24.4. The Balaban J connectivity index is 1.58. The van der Waals surface area contributed by atoms with Crippen molar-refractivity contribution in [1.29, 1.82) is 0 Å². The van der Waals surface area contributed by atoms with Gasteiger partial charge in [0.1, 0.15) is 17.3 Å². The number of aliphatic imine (C=N–C) groups is 2. The Morgan fingerprint density at radius 2 is 1.88 bits per heavy atom. The monoisotopic (exact) mass is 572 g/mol. The summed E-state index contributed by atoms with van der Waals surface area (Å²) >= 11 is 0. The van der Waals surface area contributed by atoms with E-state index in [1.165, 1.54) is 32.3 Å². The van der Waals surface area contributed by atoms with Crippen LogP contribution in [-0.2, 0) is 0 Å². The molecule has 1 saturated carbocycles. The molecular formula is C29H42F2N8O2. The molecule has 0 unspecified atom stereocenters. The molecule has 41 heavy (non-hydrogen) atoms. The number of anilines is 1. The van der Waals surface area contributed by atoms with E-state index >= 15 is 8.78 Å². The summed E-state index contributed by atoms with van der Waals surface area (Å²) in [4.78, 5) is 26.7. The highest BCUT2D eigenvalue weighted by Gasteiger charge is 2.47. The van der Waals surface area contributed by atoms with E-state index in [1.807, 2.05) is 0 Å². The van der Waals surface area contributed by atoms with Crippen LogP contribution in [0.2, 0.25) is 0 Å². The summed E-state index contributed by atoms with van der Waals surface area (Å²) in [5.41, 5.74) is 7.31. The average Bonchev–Trinajstić information content (AvgIpc) is 3.46. The Morgan fingerprint density at radius 3 is 2.49 bits per heavy atom. The number of ether oxygens (including phenoxy) is 1. The predicted molar refractivity (Wildman–Crippen MR) is 158 cm³/mol. The van der Waals surface area contributed by atoms with Gasteiger partial charge in [0.15, 0.2) is 11.7 Å². The van der Waals surface area contributed by atoms with Gasteiger partial charge in [-0.2, -0.15) is 8.78 Å². The number of likely N-dealkylation sites (tertiary alicyclic amines) is 1. The van der Waals surface area contributed by atoms with E-state index in [2.05, 4.69) is 34.2 Å². The average molecular weight is 573 g/mol. The summed E-state index contributed by atoms with van der Waals surface area (Å²) in [7, 11) is 6.45. The Labute approximate surface area is 241 Å². The van der Waals surface area contributed by atoms with Gasteiger partial charge in [-0.1, -0.05) is 19.4 Å². The van der Waals surface area contributed by atoms with Gasteiger partial charge in [0, 0.05) is 37.9 Å². The highest BCUT2D eigenvalue weighted by molar-refractivity contribution is 6.06. The van der Waals surface area contributed by atoms with Crippen LogP contribution in [0.1, 0.15) is 48.9 Å². The number of carbonyl (C=O) groups excluding carboxylic acids is 1. The summed E-state index contributed by atoms with van der Waals surface area (Å²) in [6, 6.07) is 5.11. The minimum Gasteiger partial charge on any atom is -0.495 e. The lowest BCUT2D eigenvalue weighted by atomic mass is 10.0. The molecule has 1 amide bonds. The quantitative estimate of drug-likeness (QED) is 0.459. The molecule has 3 fully saturated rings. The fourth-order valence-corrected chi connectivity index (χ4v) is 5.82. The molecular weight excluding hydrogens is 530 g/mol. The van der Waals surface area contributed by atoms with Crippen molar-refractivity contribution in [3.8, 4) is 5.75 Å². The molecule has 2 heterocycles. The molecule has 0 radical (unpaired) electrons. The van der Waals surface area contributed by atoms with Crippen LogP contribution in [0.4, 0.5) is 14.5 Å². The van der Waals surface area contributed by atoms with Crippen molar-refractivity contribution in [1.82, 2.24) is 20.0 Å². The van der Waals surface area contributed by atoms with Crippen LogP contribution < -0.4 is 21.1 Å². The zero-order chi connectivity index (χ0) is 29.7. The molecule has 2 aliphatic heterocycles. The number of likely N-dealkylation sites (N-methyl/N-ethyl adjacent to an activating group) is 1. The summed E-state index contributed by atoms with van der Waals surface area (Å²) < 4.78 is 36.3. The number of hydrogen-bond acceptors (Lipinski definition) is 7. The minimum absolute atomic E-state index is 0.108. The van der Waals surface area contributed by atoms with Gasteiger partial charge < -0.3 is 35.8 Å². The number of amidine groups is 2. The van der Waals surface area contributed by atoms with Crippen LogP contribution in [0.3, 0.4) is 0 Å². The summed E-state index contributed by atoms with van der Waals surface area (Å²) in [6.45, 7) is 5.38. The van der Waals surface area contributed by atoms with E-state index in [-0.39, 0.29) is 29.6 Å². The van der Waals surface area contributed by atoms with Crippen molar-refractivity contribution in [2.75, 3.05) is 53.2 Å². The number of benzene rings is 1. The molecule has 0 aromatic heterocycles. The topological polar surface area (TPSA) is 111 Å². The highest BCUT2D eigenvalue weighted by Crippen LogP contribution is 2.34. The molecule has 1 aromatic rings. The molecule has 0 bridgehead atoms. The molecule has 1 aliphatic carbocycles. The molecule has 2 saturated heterocycles. The number of nitrogens with two attached hydrogens (primary N) is 1. The van der Waals surface area contributed by atoms with Crippen molar-refractivity contribution in [3.63, 3.8) is 0 Å². The lowest BCUT2D eigenvalue weighted by molar-refractivity contribution is 0.0390. The maximum absolute atomic E-state index is 15.4. The standard InChI is InChI=1S/C29H42F2N8O2/c1-19(34-23-11-10-20(16-25(23)41-5)27(40)36-21-12-14-37(3)15-13-21)35-26-24(17-32)38(4)28(33-2)29(30,31)18-39(26)22-8-6-7-9-22/h10-11,16-17,21-22,34H,1,6-9,12-15,18,32H2,2-5H3,(H,36,40)/b24-17+,33-28+,35-26+. The SMILES string of the molecule is C=C(/N=C1\C(=C/N)N(C)/C(=N/C)C(F)(F)CN1C1CCCC1)Nc1ccc(C(=O)NC2CCN(C)CC2)cc1OC. The predicted octanol–water partition coefficient (Wildman–Crippen LogP) is 3.45. The first-order valence-corrected chi connectivity index (χ1v) is 14.1. The van der Waals surface area contributed by atoms with Gasteiger partial charge in [0.25, 0.3) is 5.91 Å². The molecule has 4 rings (SSSR count). The minimum atomic E-state index is -3.21. The fourth-order valence-electron chi connectivity index (χ4n) is 5.82. The number of piperidine rings is 1. The van der Waals surface area contributed by atoms with Gasteiger partial charge in [-0.05, 0) is 64.0 Å². The maximum Gasteiger partial charge on any atom is 0.321 e. The lowest BCUT2D eigenvalue weighted by Crippen LogP contribution is -2.47. The molecule has 4 N–H and O–H groups in total. The molecule has 1 aromatic carbocycles. The summed E-state index contributed by atoms with van der Waals surface area (Å²) in [6.07, 6.45) is 6.57. The van der Waals surface area contributed by atoms with Crippen LogP contribution >= 0.6 is 0 Å². The molecule has 10 nitrogen and oxygen atoms in total. The Kier molecular flexibility index (Phi) is 9.52. The second-order valence-corrected chi connectivity index (χ2v) is 10.9. The first kappa shape index (κ1) is 30.3. The number of nitrogens with zero attached hydrogens (tertiary/aromatic N) is 5. The Hall–Kier alpha value is -3.67. The van der Waals surface area contributed by atoms with E-state index in [0.29, 0.717) is 28.5 Å². The first-order valence-electron chi connectivity index (χ1n) is 14.1. The van der Waals surface area contributed by atoms with Crippen LogP contribution in [0, 0.1) is 0 Å². The van der Waals surface area contributed by atoms with Crippen molar-refractivity contribution < 1.29 is 18.3 Å². The maximum atomic E-state index is 15.4. The largest absolute Gasteiger partial charge is 0.495 e. The van der Waals surface area contributed by atoms with Gasteiger partial charge in [-0.3, -0.25) is 9.79 Å². The first-order chi connectivity index (χ1) is 19.6. The van der Waals surface area contributed by atoms with Crippen molar-refractivity contribution in [2.24, 2.45) is 15.7 Å². The van der Waals surface area contributed by atoms with E-state index in [4.69, 9.17) is 15.5 Å². The van der Waals surface area contributed by atoms with Crippen molar-refractivity contribution in [2.45, 2.75) is 56.5 Å². The van der Waals surface area contributed by atoms with Crippen molar-refractivity contribution >= 4 is 23.3 Å². The van der Waals surface area contributed by atoms with E-state index in [0.717, 1.165) is 51.6 Å². The number of hydrogen-bond donors (Lipinski definition) is 3. The zero-order valence-corrected chi connectivity index (χ0v) is 24.4. The smallest absolute Gasteiger partial charge is 0.321 e. The second-order valence-electron chi connectivity index (χ2n) is 10.9. The van der Waals surface area contributed by atoms with Crippen LogP contribution in [0.25, 0.3) is 0 Å². The second kappa shape index (κ2) is 12.9. The third-order valence-electron chi connectivity index (χ3n) is 8.05. The number of nitrogens with one attached hydrogen (secondary N) is 2. The molecule has 3 aliphatic rings. The number of rotatable bonds is 7. The van der Waals surface area contributed by atoms with E-state index < -0.39 is 12.5 Å².